The SMILES string of the molecule is [NH-]CN.[Pr+3]. The number of hydrogen-bond acceptors (Lipinski definition) is 1. The van der Waals surface area contributed by atoms with E-state index in [9.17, 15) is 0 Å². The van der Waals surface area contributed by atoms with Crippen LogP contribution < -0.4 is 5.73 Å². The molecule has 0 saturated heterocycles. The first-order valence-corrected chi connectivity index (χ1v) is 0.762. The van der Waals surface area contributed by atoms with Gasteiger partial charge in [-0.2, -0.15) is 0 Å². The minimum Gasteiger partial charge on any atom is -0.665 e. The van der Waals surface area contributed by atoms with Crippen LogP contribution in [0.1, 0.15) is 0 Å². The third-order valence-corrected chi connectivity index (χ3v) is 0. The fraction of sp³-hybridized carbons (Fsp3) is 1.00. The first-order valence-electron chi connectivity index (χ1n) is 0.762. The first-order chi connectivity index (χ1) is 1.41. The summed E-state index contributed by atoms with van der Waals surface area (Å²) in [5.74, 6) is 0. The van der Waals surface area contributed by atoms with Crippen LogP contribution in [0.25, 0.3) is 5.73 Å². The van der Waals surface area contributed by atoms with E-state index < -0.39 is 0 Å². The monoisotopic (exact) mass is 186 g/mol. The molecule has 0 aromatic carbocycles. The van der Waals surface area contributed by atoms with Crippen LogP contribution in [0.5, 0.6) is 0 Å². The van der Waals surface area contributed by atoms with Gasteiger partial charge in [-0.05, 0) is 0 Å². The van der Waals surface area contributed by atoms with Crippen LogP contribution in [0, 0.1) is 41.3 Å². The molecule has 0 aliphatic rings. The third-order valence-electron chi connectivity index (χ3n) is 0. The molecule has 3 heteroatoms. The van der Waals surface area contributed by atoms with E-state index in [0.717, 1.165) is 0 Å². The zero-order valence-electron chi connectivity index (χ0n) is 2.36. The summed E-state index contributed by atoms with van der Waals surface area (Å²) in [5, 5.41) is 0. The minimum atomic E-state index is 0. The second kappa shape index (κ2) is 8.86. The van der Waals surface area contributed by atoms with E-state index in [-0.39, 0.29) is 48.0 Å². The van der Waals surface area contributed by atoms with Gasteiger partial charge in [0, 0.05) is 0 Å². The molecule has 0 spiro atoms. The predicted octanol–water partition coefficient (Wildman–Crippen LogP) is -0.0452. The second-order valence-electron chi connectivity index (χ2n) is 0.204. The van der Waals surface area contributed by atoms with Crippen molar-refractivity contribution in [2.24, 2.45) is 5.73 Å². The Balaban J connectivity index is 0. The maximum atomic E-state index is 5.99. The van der Waals surface area contributed by atoms with E-state index in [0.29, 0.717) is 0 Å². The minimum absolute atomic E-state index is 0. The van der Waals surface area contributed by atoms with E-state index in [2.05, 4.69) is 5.73 Å². The zero-order valence-corrected chi connectivity index (χ0v) is 6.07. The molecule has 0 saturated carbocycles. The summed E-state index contributed by atoms with van der Waals surface area (Å²) in [7, 11) is 0. The van der Waals surface area contributed by atoms with Gasteiger partial charge in [-0.3, -0.25) is 0 Å². The number of rotatable bonds is 0. The van der Waals surface area contributed by atoms with Crippen molar-refractivity contribution in [3.05, 3.63) is 5.73 Å². The molecule has 0 fully saturated rings. The summed E-state index contributed by atoms with van der Waals surface area (Å²) in [6.45, 7) is 0. The first kappa shape index (κ1) is 8.99. The summed E-state index contributed by atoms with van der Waals surface area (Å²) in [5.41, 5.74) is 10.5. The Kier molecular flexibility index (Phi) is 19.9. The third kappa shape index (κ3) is 10.4. The maximum Gasteiger partial charge on any atom is 3.00 e. The molecule has 0 atom stereocenters. The molecule has 0 bridgehead atoms. The summed E-state index contributed by atoms with van der Waals surface area (Å²) >= 11 is 0. The molecular formula is CH5N2Pr+2. The summed E-state index contributed by atoms with van der Waals surface area (Å²) in [6.07, 6.45) is 0. The molecule has 0 heterocycles. The molecule has 0 aromatic heterocycles. The number of hydrogen-bond donors (Lipinski definition) is 1. The van der Waals surface area contributed by atoms with Gasteiger partial charge in [0.05, 0.1) is 0 Å². The van der Waals surface area contributed by atoms with Gasteiger partial charge in [-0.1, -0.05) is 0 Å². The second-order valence-corrected chi connectivity index (χ2v) is 0.204. The van der Waals surface area contributed by atoms with Gasteiger partial charge >= 0.3 is 41.3 Å². The van der Waals surface area contributed by atoms with Crippen LogP contribution in [-0.4, -0.2) is 6.67 Å². The fourth-order valence-corrected chi connectivity index (χ4v) is 0. The van der Waals surface area contributed by atoms with Crippen LogP contribution in [0.4, 0.5) is 0 Å². The van der Waals surface area contributed by atoms with Crippen LogP contribution in [0.3, 0.4) is 0 Å². The Morgan fingerprint density at radius 2 is 1.75 bits per heavy atom. The van der Waals surface area contributed by atoms with Crippen molar-refractivity contribution in [1.29, 1.82) is 0 Å². The smallest absolute Gasteiger partial charge is 0.665 e. The summed E-state index contributed by atoms with van der Waals surface area (Å²) < 4.78 is 0. The Bertz CT molecular complexity index is 6.00. The standard InChI is InChI=1S/CH5N2.Pr/c2-1-3;/h2H,1,3H2;/q-1;+3. The van der Waals surface area contributed by atoms with Crippen LogP contribution in [0.2, 0.25) is 0 Å². The number of nitrogens with two attached hydrogens (primary N) is 1. The van der Waals surface area contributed by atoms with Crippen LogP contribution in [-0.2, 0) is 0 Å². The maximum absolute atomic E-state index is 5.99. The predicted molar refractivity (Wildman–Crippen MR) is 13.4 cm³/mol. The van der Waals surface area contributed by atoms with Gasteiger partial charge in [0.25, 0.3) is 0 Å². The molecule has 0 rings (SSSR count). The average molecular weight is 186 g/mol. The van der Waals surface area contributed by atoms with Gasteiger partial charge in [0.1, 0.15) is 0 Å². The molecule has 0 aromatic rings. The van der Waals surface area contributed by atoms with Crippen molar-refractivity contribution in [2.75, 3.05) is 6.67 Å². The largest absolute Gasteiger partial charge is 3.00 e. The van der Waals surface area contributed by atoms with Crippen molar-refractivity contribution < 1.29 is 41.3 Å². The van der Waals surface area contributed by atoms with Gasteiger partial charge in [-0.15, -0.1) is 6.67 Å². The number of nitrogens with one attached hydrogen (secondary N) is 1. The van der Waals surface area contributed by atoms with Crippen LogP contribution >= 0.6 is 0 Å². The molecule has 4 heavy (non-hydrogen) atoms. The van der Waals surface area contributed by atoms with Crippen molar-refractivity contribution in [3.63, 3.8) is 0 Å². The molecule has 0 aliphatic carbocycles. The molecule has 3 N–H and O–H groups in total. The Morgan fingerprint density at radius 1 is 1.75 bits per heavy atom. The van der Waals surface area contributed by atoms with Crippen molar-refractivity contribution in [2.45, 2.75) is 0 Å². The fourth-order valence-electron chi connectivity index (χ4n) is 0. The molecule has 0 radical (unpaired) electrons. The summed E-state index contributed by atoms with van der Waals surface area (Å²) in [4.78, 5) is 0. The van der Waals surface area contributed by atoms with Crippen molar-refractivity contribution in [3.8, 4) is 0 Å². The molecule has 0 aliphatic heterocycles. The quantitative estimate of drug-likeness (QED) is 0.566. The average Bonchev–Trinajstić information content (AvgIpc) is 0.918. The van der Waals surface area contributed by atoms with Gasteiger partial charge in [0.2, 0.25) is 0 Å². The molecule has 0 amide bonds. The van der Waals surface area contributed by atoms with E-state index in [1.807, 2.05) is 0 Å². The Morgan fingerprint density at radius 3 is 1.75 bits per heavy atom. The van der Waals surface area contributed by atoms with Crippen LogP contribution in [0.15, 0.2) is 0 Å². The molecule has 2 nitrogen and oxygen atoms in total. The van der Waals surface area contributed by atoms with E-state index in [1.165, 1.54) is 0 Å². The molecule has 0 unspecified atom stereocenters. The summed E-state index contributed by atoms with van der Waals surface area (Å²) in [6, 6.07) is 0. The van der Waals surface area contributed by atoms with Gasteiger partial charge in [0.15, 0.2) is 0 Å². The van der Waals surface area contributed by atoms with E-state index in [4.69, 9.17) is 5.73 Å². The van der Waals surface area contributed by atoms with Crippen molar-refractivity contribution in [1.82, 2.24) is 0 Å². The van der Waals surface area contributed by atoms with Gasteiger partial charge in [-0.25, -0.2) is 0 Å². The molecule has 20 valence electrons. The topological polar surface area (TPSA) is 49.8 Å². The Labute approximate surface area is 58.9 Å². The normalized spacial score (nSPS) is 4.50. The van der Waals surface area contributed by atoms with Crippen molar-refractivity contribution >= 4 is 0 Å². The van der Waals surface area contributed by atoms with E-state index >= 15 is 0 Å². The zero-order chi connectivity index (χ0) is 2.71. The van der Waals surface area contributed by atoms with E-state index in [1.54, 1.807) is 0 Å². The molecular weight excluding hydrogens is 181 g/mol. The van der Waals surface area contributed by atoms with Gasteiger partial charge < -0.3 is 11.5 Å². The Hall–Kier alpha value is 1.28.